The molecule has 0 spiro atoms. The van der Waals surface area contributed by atoms with Gasteiger partial charge in [0.2, 0.25) is 5.13 Å². The number of nitrogens with zero attached hydrogens (tertiary/aromatic N) is 4. The molecule has 3 rings (SSSR count). The fourth-order valence-electron chi connectivity index (χ4n) is 2.31. The first kappa shape index (κ1) is 20.6. The lowest BCUT2D eigenvalue weighted by atomic mass is 10.1. The summed E-state index contributed by atoms with van der Waals surface area (Å²) >= 11 is 12.6. The summed E-state index contributed by atoms with van der Waals surface area (Å²) in [6.45, 7) is 0. The zero-order chi connectivity index (χ0) is 21.1. The van der Waals surface area contributed by atoms with Crippen LogP contribution in [0.2, 0.25) is 10.0 Å². The molecule has 0 aliphatic heterocycles. The lowest BCUT2D eigenvalue weighted by Crippen LogP contribution is -2.12. The molecule has 0 radical (unpaired) electrons. The summed E-state index contributed by atoms with van der Waals surface area (Å²) in [5.74, 6) is -0.818. The molecule has 0 aliphatic carbocycles. The zero-order valence-electron chi connectivity index (χ0n) is 14.2. The molecular formula is C16H9Cl2N5O5S. The van der Waals surface area contributed by atoms with Crippen molar-refractivity contribution in [3.05, 3.63) is 82.8 Å². The first-order valence-electron chi connectivity index (χ1n) is 7.75. The van der Waals surface area contributed by atoms with Gasteiger partial charge >= 0.3 is 0 Å². The predicted molar refractivity (Wildman–Crippen MR) is 107 cm³/mol. The third kappa shape index (κ3) is 4.83. The summed E-state index contributed by atoms with van der Waals surface area (Å²) in [6.07, 6.45) is 0.461. The van der Waals surface area contributed by atoms with Gasteiger partial charge in [-0.3, -0.25) is 30.3 Å². The molecule has 2 aromatic carbocycles. The number of hydrogen-bond donors (Lipinski definition) is 1. The van der Waals surface area contributed by atoms with E-state index in [9.17, 15) is 25.0 Å². The summed E-state index contributed by atoms with van der Waals surface area (Å²) in [6, 6.07) is 8.85. The lowest BCUT2D eigenvalue weighted by molar-refractivity contribution is -0.393. The number of nitrogens with one attached hydrogen (secondary N) is 1. The number of carbonyl (C=O) groups is 1. The van der Waals surface area contributed by atoms with Gasteiger partial charge in [0.05, 0.1) is 15.4 Å². The van der Waals surface area contributed by atoms with Crippen LogP contribution >= 0.6 is 34.5 Å². The maximum Gasteiger partial charge on any atom is 0.295 e. The minimum Gasteiger partial charge on any atom is -0.296 e. The number of nitro groups is 2. The van der Waals surface area contributed by atoms with Crippen LogP contribution < -0.4 is 5.32 Å². The fraction of sp³-hybridized carbons (Fsp3) is 0.0625. The van der Waals surface area contributed by atoms with E-state index in [1.165, 1.54) is 0 Å². The van der Waals surface area contributed by atoms with Crippen LogP contribution in [-0.2, 0) is 6.42 Å². The monoisotopic (exact) mass is 453 g/mol. The molecular weight excluding hydrogens is 445 g/mol. The van der Waals surface area contributed by atoms with E-state index < -0.39 is 32.2 Å². The van der Waals surface area contributed by atoms with Crippen LogP contribution in [0.1, 0.15) is 20.9 Å². The quantitative estimate of drug-likeness (QED) is 0.427. The van der Waals surface area contributed by atoms with Gasteiger partial charge in [0, 0.05) is 23.6 Å². The van der Waals surface area contributed by atoms with Crippen molar-refractivity contribution >= 4 is 57.0 Å². The lowest BCUT2D eigenvalue weighted by Gasteiger charge is -2.03. The first-order valence-corrected chi connectivity index (χ1v) is 9.32. The molecule has 0 bridgehead atoms. The van der Waals surface area contributed by atoms with Gasteiger partial charge in [-0.15, -0.1) is 10.2 Å². The van der Waals surface area contributed by atoms with Crippen LogP contribution in [0, 0.1) is 20.2 Å². The Morgan fingerprint density at radius 1 is 1.03 bits per heavy atom. The molecule has 0 atom stereocenters. The summed E-state index contributed by atoms with van der Waals surface area (Å²) in [5.41, 5.74) is -0.854. The largest absolute Gasteiger partial charge is 0.296 e. The first-order chi connectivity index (χ1) is 13.7. The van der Waals surface area contributed by atoms with E-state index in [0.717, 1.165) is 29.0 Å². The van der Waals surface area contributed by atoms with Crippen molar-refractivity contribution in [2.75, 3.05) is 5.32 Å². The standard InChI is InChI=1S/C16H9Cl2N5O5S/c17-10-3-1-8(2-4-10)5-13-20-21-16(29-13)19-15(24)9-6-11(22(25)26)14(18)12(7-9)23(27)28/h1-4,6-7H,5H2,(H,19,21,24). The van der Waals surface area contributed by atoms with Crippen LogP contribution in [0.4, 0.5) is 16.5 Å². The summed E-state index contributed by atoms with van der Waals surface area (Å²) in [4.78, 5) is 32.7. The van der Waals surface area contributed by atoms with Gasteiger partial charge < -0.3 is 0 Å². The van der Waals surface area contributed by atoms with E-state index in [1.807, 2.05) is 12.1 Å². The van der Waals surface area contributed by atoms with Crippen LogP contribution in [0.3, 0.4) is 0 Å². The number of amides is 1. The molecule has 1 aromatic heterocycles. The number of carbonyl (C=O) groups excluding carboxylic acids is 1. The number of rotatable bonds is 6. The Morgan fingerprint density at radius 3 is 2.17 bits per heavy atom. The normalized spacial score (nSPS) is 10.6. The van der Waals surface area contributed by atoms with Gasteiger partial charge in [-0.25, -0.2) is 0 Å². The topological polar surface area (TPSA) is 141 Å². The molecule has 0 saturated heterocycles. The van der Waals surface area contributed by atoms with E-state index in [4.69, 9.17) is 23.2 Å². The van der Waals surface area contributed by atoms with Gasteiger partial charge in [0.1, 0.15) is 5.01 Å². The average molecular weight is 454 g/mol. The SMILES string of the molecule is O=C(Nc1nnc(Cc2ccc(Cl)cc2)s1)c1cc([N+](=O)[O-])c(Cl)c([N+](=O)[O-])c1. The smallest absolute Gasteiger partial charge is 0.295 e. The van der Waals surface area contributed by atoms with Crippen LogP contribution in [0.25, 0.3) is 0 Å². The Hall–Kier alpha value is -3.15. The average Bonchev–Trinajstić information content (AvgIpc) is 3.10. The Bertz CT molecular complexity index is 1080. The van der Waals surface area contributed by atoms with Gasteiger partial charge in [0.15, 0.2) is 5.02 Å². The summed E-state index contributed by atoms with van der Waals surface area (Å²) < 4.78 is 0. The molecule has 29 heavy (non-hydrogen) atoms. The van der Waals surface area contributed by atoms with Crippen LogP contribution in [-0.4, -0.2) is 26.0 Å². The van der Waals surface area contributed by atoms with Crippen molar-refractivity contribution in [2.45, 2.75) is 6.42 Å². The fourth-order valence-corrected chi connectivity index (χ4v) is 3.45. The third-order valence-electron chi connectivity index (χ3n) is 3.65. The second-order valence-corrected chi connectivity index (χ2v) is 7.48. The number of aromatic nitrogens is 2. The molecule has 10 nitrogen and oxygen atoms in total. The highest BCUT2D eigenvalue weighted by Crippen LogP contribution is 2.35. The van der Waals surface area contributed by atoms with Crippen LogP contribution in [0.15, 0.2) is 36.4 Å². The molecule has 0 unspecified atom stereocenters. The Balaban J connectivity index is 1.80. The maximum atomic E-state index is 12.4. The number of benzene rings is 2. The number of halogens is 2. The number of nitro benzene ring substituents is 2. The highest BCUT2D eigenvalue weighted by molar-refractivity contribution is 7.15. The Morgan fingerprint density at radius 2 is 1.62 bits per heavy atom. The van der Waals surface area contributed by atoms with E-state index in [-0.39, 0.29) is 10.7 Å². The van der Waals surface area contributed by atoms with Gasteiger partial charge in [-0.05, 0) is 17.7 Å². The van der Waals surface area contributed by atoms with E-state index in [1.54, 1.807) is 12.1 Å². The van der Waals surface area contributed by atoms with Crippen LogP contribution in [0.5, 0.6) is 0 Å². The van der Waals surface area contributed by atoms with Gasteiger partial charge in [-0.1, -0.05) is 46.7 Å². The second kappa shape index (κ2) is 8.47. The molecule has 13 heteroatoms. The summed E-state index contributed by atoms with van der Waals surface area (Å²) in [5, 5.41) is 33.1. The van der Waals surface area contributed by atoms with E-state index in [2.05, 4.69) is 15.5 Å². The molecule has 1 amide bonds. The second-order valence-electron chi connectivity index (χ2n) is 5.60. The highest BCUT2D eigenvalue weighted by atomic mass is 35.5. The van der Waals surface area contributed by atoms with Gasteiger partial charge in [0.25, 0.3) is 17.3 Å². The predicted octanol–water partition coefficient (Wildman–Crippen LogP) is 4.50. The molecule has 1 heterocycles. The Kier molecular flexibility index (Phi) is 6.01. The minimum atomic E-state index is -0.902. The molecule has 1 N–H and O–H groups in total. The van der Waals surface area contributed by atoms with Crippen molar-refractivity contribution < 1.29 is 14.6 Å². The van der Waals surface area contributed by atoms with E-state index >= 15 is 0 Å². The number of hydrogen-bond acceptors (Lipinski definition) is 8. The van der Waals surface area contributed by atoms with Gasteiger partial charge in [-0.2, -0.15) is 0 Å². The molecule has 148 valence electrons. The number of anilines is 1. The van der Waals surface area contributed by atoms with E-state index in [0.29, 0.717) is 16.5 Å². The minimum absolute atomic E-state index is 0.138. The summed E-state index contributed by atoms with van der Waals surface area (Å²) in [7, 11) is 0. The van der Waals surface area contributed by atoms with Crippen molar-refractivity contribution in [3.8, 4) is 0 Å². The Labute approximate surface area is 176 Å². The molecule has 0 aliphatic rings. The molecule has 0 fully saturated rings. The molecule has 0 saturated carbocycles. The van der Waals surface area contributed by atoms with Crippen molar-refractivity contribution in [3.63, 3.8) is 0 Å². The third-order valence-corrected chi connectivity index (χ3v) is 5.12. The van der Waals surface area contributed by atoms with Crippen molar-refractivity contribution in [2.24, 2.45) is 0 Å². The van der Waals surface area contributed by atoms with Crippen molar-refractivity contribution in [1.82, 2.24) is 10.2 Å². The highest BCUT2D eigenvalue weighted by Gasteiger charge is 2.27. The molecule has 3 aromatic rings. The maximum absolute atomic E-state index is 12.4. The zero-order valence-corrected chi connectivity index (χ0v) is 16.5. The van der Waals surface area contributed by atoms with Crippen molar-refractivity contribution in [1.29, 1.82) is 0 Å².